The molecule has 0 radical (unpaired) electrons. The lowest BCUT2D eigenvalue weighted by molar-refractivity contribution is -0.116. The molecule has 4 nitrogen and oxygen atoms in total. The van der Waals surface area contributed by atoms with Gasteiger partial charge in [0.15, 0.2) is 0 Å². The van der Waals surface area contributed by atoms with Gasteiger partial charge in [0.1, 0.15) is 0 Å². The molecule has 0 aliphatic carbocycles. The maximum atomic E-state index is 12.1. The van der Waals surface area contributed by atoms with Gasteiger partial charge in [-0.3, -0.25) is 4.79 Å². The molecule has 0 heterocycles. The van der Waals surface area contributed by atoms with E-state index in [9.17, 15) is 9.59 Å². The highest BCUT2D eigenvalue weighted by Gasteiger charge is 2.13. The third-order valence-corrected chi connectivity index (χ3v) is 4.43. The number of hydrogen-bond acceptors (Lipinski definition) is 3. The van der Waals surface area contributed by atoms with Crippen molar-refractivity contribution < 1.29 is 14.3 Å². The second kappa shape index (κ2) is 9.09. The lowest BCUT2D eigenvalue weighted by atomic mass is 10.1. The molecular formula is C18H16Cl3NO3. The van der Waals surface area contributed by atoms with Gasteiger partial charge in [-0.05, 0) is 49.2 Å². The maximum absolute atomic E-state index is 12.1. The summed E-state index contributed by atoms with van der Waals surface area (Å²) in [6.45, 7) is 1.98. The quantitative estimate of drug-likeness (QED) is 0.661. The zero-order chi connectivity index (χ0) is 18.4. The van der Waals surface area contributed by atoms with E-state index in [2.05, 4.69) is 5.32 Å². The molecule has 1 N–H and O–H groups in total. The molecule has 2 aromatic rings. The van der Waals surface area contributed by atoms with E-state index in [1.54, 1.807) is 31.2 Å². The van der Waals surface area contributed by atoms with Crippen LogP contribution < -0.4 is 5.32 Å². The minimum absolute atomic E-state index is 0.209. The first-order valence-corrected chi connectivity index (χ1v) is 8.75. The average molecular weight is 401 g/mol. The summed E-state index contributed by atoms with van der Waals surface area (Å²) in [6.07, 6.45) is 0.625. The molecule has 0 fully saturated rings. The number of halogens is 3. The van der Waals surface area contributed by atoms with E-state index >= 15 is 0 Å². The predicted molar refractivity (Wildman–Crippen MR) is 101 cm³/mol. The van der Waals surface area contributed by atoms with Crippen LogP contribution in [0.4, 0.5) is 5.69 Å². The Morgan fingerprint density at radius 1 is 1.04 bits per heavy atom. The Morgan fingerprint density at radius 3 is 2.32 bits per heavy atom. The van der Waals surface area contributed by atoms with Crippen molar-refractivity contribution >= 4 is 52.4 Å². The number of ether oxygens (including phenoxy) is 1. The van der Waals surface area contributed by atoms with Crippen molar-refractivity contribution in [2.75, 3.05) is 11.9 Å². The first kappa shape index (κ1) is 19.6. The number of carbonyl (C=O) groups excluding carboxylic acids is 2. The zero-order valence-electron chi connectivity index (χ0n) is 13.4. The number of esters is 1. The van der Waals surface area contributed by atoms with Crippen LogP contribution in [0.2, 0.25) is 15.1 Å². The minimum Gasteiger partial charge on any atom is -0.462 e. The van der Waals surface area contributed by atoms with Crippen LogP contribution >= 0.6 is 34.8 Å². The van der Waals surface area contributed by atoms with Crippen LogP contribution in [0.3, 0.4) is 0 Å². The number of benzene rings is 2. The Kier molecular flexibility index (Phi) is 7.12. The lowest BCUT2D eigenvalue weighted by Gasteiger charge is -2.09. The molecule has 2 aromatic carbocycles. The molecule has 1 amide bonds. The summed E-state index contributed by atoms with van der Waals surface area (Å²) in [6, 6.07) is 9.83. The fourth-order valence-corrected chi connectivity index (χ4v) is 3.04. The Labute approximate surface area is 161 Å². The monoisotopic (exact) mass is 399 g/mol. The van der Waals surface area contributed by atoms with Gasteiger partial charge in [0.25, 0.3) is 0 Å². The smallest absolute Gasteiger partial charge is 0.339 e. The van der Waals surface area contributed by atoms with Crippen molar-refractivity contribution in [3.63, 3.8) is 0 Å². The van der Waals surface area contributed by atoms with Crippen LogP contribution in [0.5, 0.6) is 0 Å². The fraction of sp³-hybridized carbons (Fsp3) is 0.222. The molecule has 0 aliphatic heterocycles. The van der Waals surface area contributed by atoms with Crippen molar-refractivity contribution in [3.05, 3.63) is 62.6 Å². The van der Waals surface area contributed by atoms with E-state index in [4.69, 9.17) is 39.5 Å². The molecule has 0 saturated heterocycles. The molecule has 0 spiro atoms. The van der Waals surface area contributed by atoms with Crippen molar-refractivity contribution in [2.45, 2.75) is 19.8 Å². The zero-order valence-corrected chi connectivity index (χ0v) is 15.7. The topological polar surface area (TPSA) is 55.4 Å². The van der Waals surface area contributed by atoms with Gasteiger partial charge in [-0.2, -0.15) is 0 Å². The van der Waals surface area contributed by atoms with Crippen molar-refractivity contribution in [3.8, 4) is 0 Å². The van der Waals surface area contributed by atoms with Crippen molar-refractivity contribution in [2.24, 2.45) is 0 Å². The molecule has 0 aromatic heterocycles. The maximum Gasteiger partial charge on any atom is 0.339 e. The van der Waals surface area contributed by atoms with Crippen LogP contribution in [-0.4, -0.2) is 18.5 Å². The minimum atomic E-state index is -0.501. The van der Waals surface area contributed by atoms with Gasteiger partial charge in [-0.15, -0.1) is 0 Å². The number of anilines is 1. The molecule has 0 saturated carbocycles. The second-order valence-electron chi connectivity index (χ2n) is 5.16. The molecule has 0 aliphatic rings. The highest BCUT2D eigenvalue weighted by molar-refractivity contribution is 6.36. The molecular weight excluding hydrogens is 385 g/mol. The first-order chi connectivity index (χ1) is 11.9. The standard InChI is InChI=1S/C18H16Cl3NO3/c1-2-25-18(24)13-7-6-11(10-16(13)21)22-17(23)9-8-12-14(19)4-3-5-15(12)20/h3-7,10H,2,8-9H2,1H3,(H,22,23). The number of carbonyl (C=O) groups is 2. The number of hydrogen-bond donors (Lipinski definition) is 1. The molecule has 0 atom stereocenters. The highest BCUT2D eigenvalue weighted by Crippen LogP contribution is 2.26. The van der Waals surface area contributed by atoms with E-state index in [1.165, 1.54) is 12.1 Å². The van der Waals surface area contributed by atoms with Gasteiger partial charge in [-0.1, -0.05) is 40.9 Å². The van der Waals surface area contributed by atoms with Crippen molar-refractivity contribution in [1.82, 2.24) is 0 Å². The van der Waals surface area contributed by atoms with Crippen LogP contribution in [0.1, 0.15) is 29.3 Å². The molecule has 7 heteroatoms. The van der Waals surface area contributed by atoms with E-state index in [0.717, 1.165) is 5.56 Å². The van der Waals surface area contributed by atoms with Gasteiger partial charge < -0.3 is 10.1 Å². The van der Waals surface area contributed by atoms with E-state index in [-0.39, 0.29) is 29.5 Å². The Morgan fingerprint density at radius 2 is 1.72 bits per heavy atom. The third kappa shape index (κ3) is 5.36. The predicted octanol–water partition coefficient (Wildman–Crippen LogP) is 5.39. The summed E-state index contributed by atoms with van der Waals surface area (Å²) in [5, 5.41) is 4.00. The summed E-state index contributed by atoms with van der Waals surface area (Å²) in [5.41, 5.74) is 1.48. The largest absolute Gasteiger partial charge is 0.462 e. The SMILES string of the molecule is CCOC(=O)c1ccc(NC(=O)CCc2c(Cl)cccc2Cl)cc1Cl. The summed E-state index contributed by atoms with van der Waals surface area (Å²) in [7, 11) is 0. The Bertz CT molecular complexity index is 773. The van der Waals surface area contributed by atoms with Crippen LogP contribution in [0, 0.1) is 0 Å². The Hall–Kier alpha value is -1.75. The molecule has 0 bridgehead atoms. The van der Waals surface area contributed by atoms with Gasteiger partial charge in [0.2, 0.25) is 5.91 Å². The highest BCUT2D eigenvalue weighted by atomic mass is 35.5. The van der Waals surface area contributed by atoms with Crippen LogP contribution in [0.15, 0.2) is 36.4 Å². The van der Waals surface area contributed by atoms with Gasteiger partial charge in [-0.25, -0.2) is 4.79 Å². The summed E-state index contributed by atoms with van der Waals surface area (Å²) in [4.78, 5) is 23.8. The fourth-order valence-electron chi connectivity index (χ4n) is 2.20. The van der Waals surface area contributed by atoms with Crippen molar-refractivity contribution in [1.29, 1.82) is 0 Å². The van der Waals surface area contributed by atoms with Gasteiger partial charge in [0.05, 0.1) is 17.2 Å². The van der Waals surface area contributed by atoms with Crippen LogP contribution in [-0.2, 0) is 16.0 Å². The van der Waals surface area contributed by atoms with Gasteiger partial charge in [0, 0.05) is 22.2 Å². The summed E-state index contributed by atoms with van der Waals surface area (Å²) in [5.74, 6) is -0.713. The molecule has 2 rings (SSSR count). The molecule has 132 valence electrons. The van der Waals surface area contributed by atoms with Gasteiger partial charge >= 0.3 is 5.97 Å². The second-order valence-corrected chi connectivity index (χ2v) is 6.39. The van der Waals surface area contributed by atoms with E-state index in [0.29, 0.717) is 22.2 Å². The number of rotatable bonds is 6. The first-order valence-electron chi connectivity index (χ1n) is 7.61. The number of nitrogens with one attached hydrogen (secondary N) is 1. The Balaban J connectivity index is 1.99. The lowest BCUT2D eigenvalue weighted by Crippen LogP contribution is -2.13. The normalized spacial score (nSPS) is 10.4. The molecule has 25 heavy (non-hydrogen) atoms. The summed E-state index contributed by atoms with van der Waals surface area (Å²) < 4.78 is 4.90. The van der Waals surface area contributed by atoms with E-state index < -0.39 is 5.97 Å². The summed E-state index contributed by atoms with van der Waals surface area (Å²) >= 11 is 18.2. The average Bonchev–Trinajstić information content (AvgIpc) is 2.54. The van der Waals surface area contributed by atoms with E-state index in [1.807, 2.05) is 0 Å². The van der Waals surface area contributed by atoms with Crippen LogP contribution in [0.25, 0.3) is 0 Å². The molecule has 0 unspecified atom stereocenters. The third-order valence-electron chi connectivity index (χ3n) is 3.41. The number of amides is 1.